The van der Waals surface area contributed by atoms with Gasteiger partial charge in [0.1, 0.15) is 24.0 Å². The van der Waals surface area contributed by atoms with Gasteiger partial charge in [-0.2, -0.15) is 23.2 Å². The highest BCUT2D eigenvalue weighted by Crippen LogP contribution is 2.40. The monoisotopic (exact) mass is 439 g/mol. The van der Waals surface area contributed by atoms with Gasteiger partial charge < -0.3 is 9.80 Å². The molecule has 0 aliphatic carbocycles. The zero-order valence-electron chi connectivity index (χ0n) is 17.0. The van der Waals surface area contributed by atoms with Crippen molar-refractivity contribution in [2.75, 3.05) is 23.9 Å². The lowest BCUT2D eigenvalue weighted by Crippen LogP contribution is -2.27. The van der Waals surface area contributed by atoms with E-state index in [1.807, 2.05) is 30.3 Å². The molecule has 162 valence electrons. The number of carbonyl (C=O) groups excluding carboxylic acids is 1. The van der Waals surface area contributed by atoms with Crippen LogP contribution in [0.4, 0.5) is 24.5 Å². The van der Waals surface area contributed by atoms with E-state index in [9.17, 15) is 23.2 Å². The van der Waals surface area contributed by atoms with Gasteiger partial charge in [-0.15, -0.1) is 10.2 Å². The van der Waals surface area contributed by atoms with Crippen molar-refractivity contribution in [3.05, 3.63) is 65.5 Å². The molecule has 0 saturated heterocycles. The molecule has 8 nitrogen and oxygen atoms in total. The predicted octanol–water partition coefficient (Wildman–Crippen LogP) is 3.25. The number of alkyl halides is 3. The topological polar surface area (TPSA) is 90.9 Å². The van der Waals surface area contributed by atoms with Crippen LogP contribution >= 0.6 is 0 Å². The van der Waals surface area contributed by atoms with Crippen molar-refractivity contribution in [3.63, 3.8) is 0 Å². The molecule has 1 aliphatic rings. The van der Waals surface area contributed by atoms with Crippen molar-refractivity contribution in [1.29, 1.82) is 5.26 Å². The first-order chi connectivity index (χ1) is 15.2. The van der Waals surface area contributed by atoms with Crippen LogP contribution < -0.4 is 9.80 Å². The smallest absolute Gasteiger partial charge is 0.328 e. The number of carbonyl (C=O) groups is 1. The zero-order chi connectivity index (χ0) is 23.0. The second kappa shape index (κ2) is 7.81. The predicted molar refractivity (Wildman–Crippen MR) is 109 cm³/mol. The maximum Gasteiger partial charge on any atom is 0.416 e. The molecule has 3 aromatic rings. The average Bonchev–Trinajstić information content (AvgIpc) is 3.33. The minimum Gasteiger partial charge on any atom is -0.328 e. The minimum absolute atomic E-state index is 0.0578. The Morgan fingerprint density at radius 1 is 1.06 bits per heavy atom. The number of Topliss-reactive ketones (excluding diaryl/α,β-unsaturated/α-hetero) is 1. The summed E-state index contributed by atoms with van der Waals surface area (Å²) in [5.74, 6) is -0.198. The van der Waals surface area contributed by atoms with Crippen molar-refractivity contribution in [1.82, 2.24) is 20.2 Å². The number of halogens is 3. The highest BCUT2D eigenvalue weighted by molar-refractivity contribution is 6.02. The summed E-state index contributed by atoms with van der Waals surface area (Å²) < 4.78 is 38.8. The van der Waals surface area contributed by atoms with E-state index in [4.69, 9.17) is 0 Å². The van der Waals surface area contributed by atoms with Crippen molar-refractivity contribution in [2.45, 2.75) is 12.7 Å². The third-order valence-corrected chi connectivity index (χ3v) is 5.04. The lowest BCUT2D eigenvalue weighted by Gasteiger charge is -2.19. The molecule has 1 aromatic heterocycles. The Morgan fingerprint density at radius 3 is 2.31 bits per heavy atom. The third-order valence-electron chi connectivity index (χ3n) is 5.04. The van der Waals surface area contributed by atoms with Gasteiger partial charge in [0, 0.05) is 19.7 Å². The Labute approximate surface area is 180 Å². The quantitative estimate of drug-likeness (QED) is 0.455. The van der Waals surface area contributed by atoms with E-state index in [1.165, 1.54) is 12.1 Å². The van der Waals surface area contributed by atoms with E-state index < -0.39 is 24.1 Å². The molecule has 2 heterocycles. The molecule has 1 aliphatic heterocycles. The second-order valence-corrected chi connectivity index (χ2v) is 7.06. The van der Waals surface area contributed by atoms with E-state index in [1.54, 1.807) is 23.9 Å². The number of fused-ring (bicyclic) bond motifs is 1. The number of rotatable bonds is 4. The van der Waals surface area contributed by atoms with Crippen LogP contribution in [0.3, 0.4) is 0 Å². The van der Waals surface area contributed by atoms with Crippen LogP contribution in [0, 0.1) is 11.3 Å². The molecule has 0 bridgehead atoms. The first kappa shape index (κ1) is 21.0. The summed E-state index contributed by atoms with van der Waals surface area (Å²) in [5.41, 5.74) is 0.866. The number of anilines is 2. The highest BCUT2D eigenvalue weighted by atomic mass is 19.4. The molecule has 0 unspecified atom stereocenters. The van der Waals surface area contributed by atoms with Gasteiger partial charge in [0.25, 0.3) is 0 Å². The Morgan fingerprint density at radius 2 is 1.72 bits per heavy atom. The van der Waals surface area contributed by atoms with E-state index in [0.717, 1.165) is 28.3 Å². The van der Waals surface area contributed by atoms with Gasteiger partial charge in [0.15, 0.2) is 5.78 Å². The molecule has 0 saturated carbocycles. The summed E-state index contributed by atoms with van der Waals surface area (Å²) in [4.78, 5) is 17.3. The Hall–Kier alpha value is -4.20. The van der Waals surface area contributed by atoms with Crippen LogP contribution in [0.5, 0.6) is 0 Å². The standard InChI is InChI=1S/C21H16F3N7O/c1-29-16-8-3-4-9-17(16)30(2)20(29)15(11-25)18(32)12-31-27-19(26-28-31)13-6-5-7-14(10-13)21(22,23)24/h3-10H,12H2,1-2H3. The molecular weight excluding hydrogens is 423 g/mol. The van der Waals surface area contributed by atoms with Gasteiger partial charge in [-0.3, -0.25) is 4.79 Å². The fraction of sp³-hybridized carbons (Fsp3) is 0.190. The van der Waals surface area contributed by atoms with E-state index in [2.05, 4.69) is 15.4 Å². The van der Waals surface area contributed by atoms with E-state index in [-0.39, 0.29) is 17.0 Å². The van der Waals surface area contributed by atoms with Crippen LogP contribution in [0.1, 0.15) is 5.56 Å². The van der Waals surface area contributed by atoms with Crippen molar-refractivity contribution >= 4 is 17.2 Å². The lowest BCUT2D eigenvalue weighted by molar-refractivity contribution is -0.137. The number of allylic oxidation sites excluding steroid dienone is 1. The molecular formula is C21H16F3N7O. The van der Waals surface area contributed by atoms with Gasteiger partial charge in [-0.1, -0.05) is 24.3 Å². The summed E-state index contributed by atoms with van der Waals surface area (Å²) in [7, 11) is 3.50. The molecule has 0 N–H and O–H groups in total. The maximum absolute atomic E-state index is 12.9. The average molecular weight is 439 g/mol. The molecule has 0 fully saturated rings. The number of hydrogen-bond acceptors (Lipinski definition) is 7. The number of nitriles is 1. The Kier molecular flexibility index (Phi) is 5.14. The maximum atomic E-state index is 12.9. The van der Waals surface area contributed by atoms with Crippen LogP contribution in [-0.2, 0) is 17.5 Å². The second-order valence-electron chi connectivity index (χ2n) is 7.06. The minimum atomic E-state index is -4.51. The fourth-order valence-corrected chi connectivity index (χ4v) is 3.52. The number of aromatic nitrogens is 4. The molecule has 0 atom stereocenters. The Balaban J connectivity index is 1.60. The molecule has 11 heteroatoms. The Bertz CT molecular complexity index is 1240. The number of ketones is 1. The van der Waals surface area contributed by atoms with Crippen molar-refractivity contribution < 1.29 is 18.0 Å². The zero-order valence-corrected chi connectivity index (χ0v) is 17.0. The number of nitrogens with zero attached hydrogens (tertiary/aromatic N) is 7. The largest absolute Gasteiger partial charge is 0.416 e. The third kappa shape index (κ3) is 3.66. The first-order valence-electron chi connectivity index (χ1n) is 9.40. The normalized spacial score (nSPS) is 13.2. The molecule has 0 radical (unpaired) electrons. The van der Waals surface area contributed by atoms with Gasteiger partial charge in [-0.25, -0.2) is 0 Å². The summed E-state index contributed by atoms with van der Waals surface area (Å²) in [6.07, 6.45) is -4.51. The summed E-state index contributed by atoms with van der Waals surface area (Å²) in [6.45, 7) is -0.392. The van der Waals surface area contributed by atoms with Gasteiger partial charge in [0.05, 0.1) is 16.9 Å². The molecule has 2 aromatic carbocycles. The molecule has 4 rings (SSSR count). The summed E-state index contributed by atoms with van der Waals surface area (Å²) in [5, 5.41) is 21.2. The first-order valence-corrected chi connectivity index (χ1v) is 9.40. The number of hydrogen-bond donors (Lipinski definition) is 0. The SMILES string of the molecule is CN1C(=C(C#N)C(=O)Cn2nnc(-c3cccc(C(F)(F)F)c3)n2)N(C)c2ccccc21. The molecule has 32 heavy (non-hydrogen) atoms. The number of tetrazole rings is 1. The summed E-state index contributed by atoms with van der Waals surface area (Å²) in [6, 6.07) is 13.9. The van der Waals surface area contributed by atoms with Crippen LogP contribution in [0.2, 0.25) is 0 Å². The highest BCUT2D eigenvalue weighted by Gasteiger charge is 2.32. The van der Waals surface area contributed by atoms with Gasteiger partial charge in [-0.05, 0) is 29.5 Å². The number of benzene rings is 2. The van der Waals surface area contributed by atoms with Crippen molar-refractivity contribution in [2.24, 2.45) is 0 Å². The van der Waals surface area contributed by atoms with Gasteiger partial charge >= 0.3 is 6.18 Å². The molecule has 0 spiro atoms. The van der Waals surface area contributed by atoms with Crippen LogP contribution in [-0.4, -0.2) is 40.1 Å². The van der Waals surface area contributed by atoms with Crippen LogP contribution in [0.25, 0.3) is 11.4 Å². The van der Waals surface area contributed by atoms with Gasteiger partial charge in [0.2, 0.25) is 5.82 Å². The fourth-order valence-electron chi connectivity index (χ4n) is 3.52. The molecule has 0 amide bonds. The van der Waals surface area contributed by atoms with Crippen molar-refractivity contribution in [3.8, 4) is 17.5 Å². The van der Waals surface area contributed by atoms with E-state index >= 15 is 0 Å². The lowest BCUT2D eigenvalue weighted by atomic mass is 10.1. The van der Waals surface area contributed by atoms with Crippen LogP contribution in [0.15, 0.2) is 59.9 Å². The number of para-hydroxylation sites is 2. The summed E-state index contributed by atoms with van der Waals surface area (Å²) >= 11 is 0. The van der Waals surface area contributed by atoms with E-state index in [0.29, 0.717) is 5.82 Å².